The molecule has 0 fully saturated rings. The van der Waals surface area contributed by atoms with Crippen molar-refractivity contribution in [2.75, 3.05) is 25.6 Å². The Morgan fingerprint density at radius 3 is 2.51 bits per heavy atom. The summed E-state index contributed by atoms with van der Waals surface area (Å²) >= 11 is 0. The fourth-order valence-electron chi connectivity index (χ4n) is 4.97. The molecule has 2 heterocycles. The van der Waals surface area contributed by atoms with E-state index in [-0.39, 0.29) is 24.9 Å². The quantitative estimate of drug-likeness (QED) is 0.366. The van der Waals surface area contributed by atoms with Crippen molar-refractivity contribution in [1.82, 2.24) is 19.8 Å². The first kappa shape index (κ1) is 26.0. The third kappa shape index (κ3) is 5.62. The number of methoxy groups -OCH3 is 1. The smallest absolute Gasteiger partial charge is 0.325 e. The summed E-state index contributed by atoms with van der Waals surface area (Å²) in [5, 5.41) is 0. The highest BCUT2D eigenvalue weighted by Gasteiger charge is 2.40. The van der Waals surface area contributed by atoms with E-state index in [4.69, 9.17) is 4.74 Å². The van der Waals surface area contributed by atoms with Crippen molar-refractivity contribution in [2.24, 2.45) is 0 Å². The molecule has 0 spiro atoms. The number of amides is 3. The molecule has 1 atom stereocenters. The second-order valence-corrected chi connectivity index (χ2v) is 9.63. The Labute approximate surface area is 227 Å². The van der Waals surface area contributed by atoms with E-state index < -0.39 is 12.0 Å². The molecule has 1 unspecified atom stereocenters. The Kier molecular flexibility index (Phi) is 7.58. The Hall–Kier alpha value is -4.66. The number of urea groups is 1. The summed E-state index contributed by atoms with van der Waals surface area (Å²) in [5.41, 5.74) is 4.19. The predicted octanol–water partition coefficient (Wildman–Crippen LogP) is 4.14. The van der Waals surface area contributed by atoms with Gasteiger partial charge in [-0.05, 0) is 35.7 Å². The number of H-pyrrole nitrogens is 1. The molecule has 200 valence electrons. The van der Waals surface area contributed by atoms with Crippen molar-refractivity contribution in [3.63, 3.8) is 0 Å². The molecule has 0 radical (unpaired) electrons. The molecule has 0 bridgehead atoms. The normalized spacial score (nSPS) is 15.1. The number of carbonyl (C=O) groups is 3. The van der Waals surface area contributed by atoms with E-state index >= 15 is 0 Å². The van der Waals surface area contributed by atoms with Crippen LogP contribution in [0.3, 0.4) is 0 Å². The molecule has 0 saturated carbocycles. The molecule has 4 aromatic rings. The van der Waals surface area contributed by atoms with Crippen LogP contribution in [0.5, 0.6) is 0 Å². The zero-order valence-corrected chi connectivity index (χ0v) is 22.0. The van der Waals surface area contributed by atoms with Crippen LogP contribution in [0, 0.1) is 0 Å². The summed E-state index contributed by atoms with van der Waals surface area (Å²) in [6.45, 7) is 0.908. The maximum atomic E-state index is 14.5. The maximum absolute atomic E-state index is 14.5. The zero-order valence-electron chi connectivity index (χ0n) is 22.0. The fraction of sp³-hybridized carbons (Fsp3) is 0.267. The van der Waals surface area contributed by atoms with E-state index in [1.165, 1.54) is 12.0 Å². The fourth-order valence-corrected chi connectivity index (χ4v) is 4.97. The molecule has 1 N–H and O–H groups in total. The maximum Gasteiger partial charge on any atom is 0.325 e. The Morgan fingerprint density at radius 2 is 1.74 bits per heavy atom. The van der Waals surface area contributed by atoms with Crippen molar-refractivity contribution in [3.8, 4) is 0 Å². The molecule has 5 rings (SSSR count). The minimum Gasteiger partial charge on any atom is -0.469 e. The van der Waals surface area contributed by atoms with E-state index in [1.807, 2.05) is 78.9 Å². The average Bonchev–Trinajstić information content (AvgIpc) is 3.34. The molecule has 9 heteroatoms. The number of anilines is 1. The van der Waals surface area contributed by atoms with Crippen molar-refractivity contribution < 1.29 is 19.1 Å². The number of ether oxygens (including phenoxy) is 1. The summed E-state index contributed by atoms with van der Waals surface area (Å²) in [4.78, 5) is 53.2. The SMILES string of the molecule is COC(=O)CC1C(=O)N(C)Cc2ccccc2N1C(=O)N(CCc1ccccc1)Cc1nc2ccccc2[nH]1. The number of esters is 1. The van der Waals surface area contributed by atoms with Gasteiger partial charge in [0.05, 0.1) is 36.8 Å². The van der Waals surface area contributed by atoms with E-state index in [9.17, 15) is 14.4 Å². The first-order valence-corrected chi connectivity index (χ1v) is 12.9. The molecular weight excluding hydrogens is 494 g/mol. The number of carbonyl (C=O) groups excluding carboxylic acids is 3. The number of fused-ring (bicyclic) bond motifs is 2. The minimum atomic E-state index is -1.05. The minimum absolute atomic E-state index is 0.202. The number of nitrogens with zero attached hydrogens (tertiary/aromatic N) is 4. The monoisotopic (exact) mass is 525 g/mol. The number of aromatic nitrogens is 2. The molecule has 1 aromatic heterocycles. The van der Waals surface area contributed by atoms with Gasteiger partial charge in [-0.3, -0.25) is 14.5 Å². The molecule has 9 nitrogen and oxygen atoms in total. The van der Waals surface area contributed by atoms with Gasteiger partial charge in [-0.2, -0.15) is 0 Å². The van der Waals surface area contributed by atoms with E-state index in [2.05, 4.69) is 9.97 Å². The highest BCUT2D eigenvalue weighted by molar-refractivity contribution is 6.03. The number of imidazole rings is 1. The summed E-state index contributed by atoms with van der Waals surface area (Å²) in [6, 6.07) is 23.6. The number of benzene rings is 3. The lowest BCUT2D eigenvalue weighted by atomic mass is 10.1. The van der Waals surface area contributed by atoms with Crippen molar-refractivity contribution in [1.29, 1.82) is 0 Å². The van der Waals surface area contributed by atoms with Gasteiger partial charge in [0.15, 0.2) is 0 Å². The largest absolute Gasteiger partial charge is 0.469 e. The lowest BCUT2D eigenvalue weighted by Crippen LogP contribution is -2.54. The third-order valence-electron chi connectivity index (χ3n) is 6.99. The highest BCUT2D eigenvalue weighted by atomic mass is 16.5. The first-order chi connectivity index (χ1) is 18.9. The number of hydrogen-bond acceptors (Lipinski definition) is 5. The number of nitrogens with one attached hydrogen (secondary N) is 1. The summed E-state index contributed by atoms with van der Waals surface area (Å²) < 4.78 is 4.91. The third-order valence-corrected chi connectivity index (χ3v) is 6.99. The second kappa shape index (κ2) is 11.4. The molecule has 39 heavy (non-hydrogen) atoms. The summed E-state index contributed by atoms with van der Waals surface area (Å²) in [6.07, 6.45) is 0.356. The van der Waals surface area contributed by atoms with E-state index in [1.54, 1.807) is 16.8 Å². The Morgan fingerprint density at radius 1 is 1.03 bits per heavy atom. The Bertz CT molecular complexity index is 1450. The Balaban J connectivity index is 1.54. The summed E-state index contributed by atoms with van der Waals surface area (Å²) in [5.74, 6) is -0.252. The number of aromatic amines is 1. The van der Waals surface area contributed by atoms with Gasteiger partial charge in [0, 0.05) is 20.1 Å². The van der Waals surface area contributed by atoms with Crippen molar-refractivity contribution in [2.45, 2.75) is 32.0 Å². The molecule has 0 saturated heterocycles. The topological polar surface area (TPSA) is 98.8 Å². The first-order valence-electron chi connectivity index (χ1n) is 12.9. The average molecular weight is 526 g/mol. The van der Waals surface area contributed by atoms with Crippen LogP contribution < -0.4 is 4.90 Å². The van der Waals surface area contributed by atoms with Gasteiger partial charge in [-0.1, -0.05) is 60.7 Å². The number of para-hydroxylation sites is 3. The predicted molar refractivity (Wildman–Crippen MR) is 148 cm³/mol. The molecule has 0 aliphatic carbocycles. The standard InChI is InChI=1S/C30H31N5O4/c1-33-19-22-12-6-9-15-25(22)35(26(29(33)37)18-28(36)39-2)30(38)34(17-16-21-10-4-3-5-11-21)20-27-31-23-13-7-8-14-24(23)32-27/h3-15,26H,16-20H2,1-2H3,(H,31,32). The van der Waals surface area contributed by atoms with Crippen LogP contribution >= 0.6 is 0 Å². The second-order valence-electron chi connectivity index (χ2n) is 9.63. The number of rotatable bonds is 7. The van der Waals surface area contributed by atoms with Gasteiger partial charge < -0.3 is 19.5 Å². The van der Waals surface area contributed by atoms with Crippen LogP contribution in [0.2, 0.25) is 0 Å². The summed E-state index contributed by atoms with van der Waals surface area (Å²) in [7, 11) is 2.96. The van der Waals surface area contributed by atoms with Gasteiger partial charge in [0.1, 0.15) is 11.9 Å². The molecule has 3 amide bonds. The van der Waals surface area contributed by atoms with E-state index in [0.29, 0.717) is 31.0 Å². The van der Waals surface area contributed by atoms with Crippen LogP contribution in [0.15, 0.2) is 78.9 Å². The van der Waals surface area contributed by atoms with Gasteiger partial charge in [0.2, 0.25) is 5.91 Å². The zero-order chi connectivity index (χ0) is 27.4. The van der Waals surface area contributed by atoms with Crippen LogP contribution in [-0.4, -0.2) is 64.4 Å². The molecule has 1 aliphatic heterocycles. The van der Waals surface area contributed by atoms with Crippen molar-refractivity contribution >= 4 is 34.6 Å². The van der Waals surface area contributed by atoms with Gasteiger partial charge in [0.25, 0.3) is 0 Å². The van der Waals surface area contributed by atoms with Gasteiger partial charge >= 0.3 is 12.0 Å². The lowest BCUT2D eigenvalue weighted by molar-refractivity contribution is -0.144. The van der Waals surface area contributed by atoms with Crippen LogP contribution in [0.1, 0.15) is 23.4 Å². The van der Waals surface area contributed by atoms with Crippen LogP contribution in [0.4, 0.5) is 10.5 Å². The molecular formula is C30H31N5O4. The van der Waals surface area contributed by atoms with Crippen LogP contribution in [0.25, 0.3) is 11.0 Å². The van der Waals surface area contributed by atoms with Gasteiger partial charge in [-0.25, -0.2) is 9.78 Å². The highest BCUT2D eigenvalue weighted by Crippen LogP contribution is 2.31. The molecule has 1 aliphatic rings. The van der Waals surface area contributed by atoms with Crippen LogP contribution in [-0.2, 0) is 33.8 Å². The molecule has 3 aromatic carbocycles. The van der Waals surface area contributed by atoms with E-state index in [0.717, 1.165) is 22.2 Å². The number of hydrogen-bond donors (Lipinski definition) is 1. The lowest BCUT2D eigenvalue weighted by Gasteiger charge is -2.34. The van der Waals surface area contributed by atoms with Gasteiger partial charge in [-0.15, -0.1) is 0 Å². The number of likely N-dealkylation sites (N-methyl/N-ethyl adjacent to an activating group) is 1. The van der Waals surface area contributed by atoms with Crippen molar-refractivity contribution in [3.05, 3.63) is 95.8 Å².